The summed E-state index contributed by atoms with van der Waals surface area (Å²) in [6.07, 6.45) is 3.62. The molecular weight excluding hydrogens is 284 g/mol. The van der Waals surface area contributed by atoms with Crippen molar-refractivity contribution < 1.29 is 4.79 Å². The van der Waals surface area contributed by atoms with E-state index in [1.54, 1.807) is 0 Å². The van der Waals surface area contributed by atoms with Gasteiger partial charge in [0.05, 0.1) is 0 Å². The third-order valence-corrected chi connectivity index (χ3v) is 4.56. The number of benzene rings is 2. The van der Waals surface area contributed by atoms with Crippen molar-refractivity contribution >= 4 is 5.91 Å². The molecule has 3 rings (SSSR count). The molecule has 0 radical (unpaired) electrons. The molecule has 1 amide bonds. The van der Waals surface area contributed by atoms with Crippen molar-refractivity contribution in [3.8, 4) is 11.1 Å². The SMILES string of the molecule is NCCCCCNC(=O)CC1c2ccccc2-c2ccccc21. The molecule has 0 atom stereocenters. The van der Waals surface area contributed by atoms with Crippen LogP contribution in [0.5, 0.6) is 0 Å². The fourth-order valence-electron chi connectivity index (χ4n) is 3.41. The molecule has 0 spiro atoms. The van der Waals surface area contributed by atoms with Gasteiger partial charge in [0.25, 0.3) is 0 Å². The average molecular weight is 308 g/mol. The highest BCUT2D eigenvalue weighted by molar-refractivity contribution is 5.84. The number of hydrogen-bond acceptors (Lipinski definition) is 2. The summed E-state index contributed by atoms with van der Waals surface area (Å²) in [6.45, 7) is 1.47. The smallest absolute Gasteiger partial charge is 0.220 e. The molecular formula is C20H24N2O. The molecule has 3 nitrogen and oxygen atoms in total. The van der Waals surface area contributed by atoms with Gasteiger partial charge in [0.1, 0.15) is 0 Å². The number of rotatable bonds is 7. The molecule has 2 aromatic rings. The summed E-state index contributed by atoms with van der Waals surface area (Å²) in [6, 6.07) is 16.8. The number of unbranched alkanes of at least 4 members (excludes halogenated alkanes) is 2. The van der Waals surface area contributed by atoms with E-state index in [4.69, 9.17) is 5.73 Å². The summed E-state index contributed by atoms with van der Waals surface area (Å²) in [7, 11) is 0. The Kier molecular flexibility index (Phi) is 5.09. The minimum atomic E-state index is 0.134. The highest BCUT2D eigenvalue weighted by Gasteiger charge is 2.29. The van der Waals surface area contributed by atoms with E-state index < -0.39 is 0 Å². The van der Waals surface area contributed by atoms with Gasteiger partial charge >= 0.3 is 0 Å². The van der Waals surface area contributed by atoms with E-state index in [-0.39, 0.29) is 11.8 Å². The monoisotopic (exact) mass is 308 g/mol. The lowest BCUT2D eigenvalue weighted by atomic mass is 9.93. The first kappa shape index (κ1) is 15.8. The van der Waals surface area contributed by atoms with Crippen LogP contribution in [0.3, 0.4) is 0 Å². The zero-order valence-electron chi connectivity index (χ0n) is 13.4. The van der Waals surface area contributed by atoms with Gasteiger partial charge in [0.2, 0.25) is 5.91 Å². The van der Waals surface area contributed by atoms with Gasteiger partial charge in [0, 0.05) is 18.9 Å². The first-order chi connectivity index (χ1) is 11.3. The fourth-order valence-corrected chi connectivity index (χ4v) is 3.41. The second-order valence-corrected chi connectivity index (χ2v) is 6.13. The molecule has 3 heteroatoms. The van der Waals surface area contributed by atoms with Crippen LogP contribution in [-0.2, 0) is 4.79 Å². The first-order valence-electron chi connectivity index (χ1n) is 8.46. The Balaban J connectivity index is 1.67. The van der Waals surface area contributed by atoms with E-state index in [1.165, 1.54) is 22.3 Å². The highest BCUT2D eigenvalue weighted by atomic mass is 16.1. The Morgan fingerprint density at radius 3 is 2.13 bits per heavy atom. The number of carbonyl (C=O) groups is 1. The maximum Gasteiger partial charge on any atom is 0.220 e. The fraction of sp³-hybridized carbons (Fsp3) is 0.350. The van der Waals surface area contributed by atoms with Crippen molar-refractivity contribution in [3.63, 3.8) is 0 Å². The quantitative estimate of drug-likeness (QED) is 0.770. The van der Waals surface area contributed by atoms with Gasteiger partial charge in [-0.2, -0.15) is 0 Å². The number of fused-ring (bicyclic) bond motifs is 3. The van der Waals surface area contributed by atoms with E-state index in [0.29, 0.717) is 6.42 Å². The molecule has 23 heavy (non-hydrogen) atoms. The lowest BCUT2D eigenvalue weighted by Gasteiger charge is -2.13. The summed E-state index contributed by atoms with van der Waals surface area (Å²) in [4.78, 5) is 12.3. The van der Waals surface area contributed by atoms with Gasteiger partial charge in [-0.1, -0.05) is 55.0 Å². The second kappa shape index (κ2) is 7.42. The van der Waals surface area contributed by atoms with Gasteiger partial charge < -0.3 is 11.1 Å². The number of carbonyl (C=O) groups excluding carboxylic acids is 1. The molecule has 0 saturated carbocycles. The van der Waals surface area contributed by atoms with Gasteiger partial charge in [-0.05, 0) is 41.6 Å². The van der Waals surface area contributed by atoms with E-state index in [0.717, 1.165) is 32.4 Å². The number of nitrogens with one attached hydrogen (secondary N) is 1. The Hall–Kier alpha value is -2.13. The van der Waals surface area contributed by atoms with E-state index in [1.807, 2.05) is 0 Å². The molecule has 0 aliphatic heterocycles. The summed E-state index contributed by atoms with van der Waals surface area (Å²) in [5.74, 6) is 0.306. The molecule has 0 bridgehead atoms. The average Bonchev–Trinajstić information content (AvgIpc) is 2.89. The van der Waals surface area contributed by atoms with Crippen LogP contribution < -0.4 is 11.1 Å². The van der Waals surface area contributed by atoms with Crippen molar-refractivity contribution in [2.45, 2.75) is 31.6 Å². The topological polar surface area (TPSA) is 55.1 Å². The van der Waals surface area contributed by atoms with Crippen LogP contribution in [-0.4, -0.2) is 19.0 Å². The molecule has 0 fully saturated rings. The summed E-state index contributed by atoms with van der Waals surface area (Å²) < 4.78 is 0. The van der Waals surface area contributed by atoms with Gasteiger partial charge in [0.15, 0.2) is 0 Å². The van der Waals surface area contributed by atoms with Crippen molar-refractivity contribution in [3.05, 3.63) is 59.7 Å². The van der Waals surface area contributed by atoms with Gasteiger partial charge in [-0.3, -0.25) is 4.79 Å². The maximum absolute atomic E-state index is 12.3. The Morgan fingerprint density at radius 2 is 1.52 bits per heavy atom. The molecule has 1 aliphatic rings. The maximum atomic E-state index is 12.3. The number of hydrogen-bond donors (Lipinski definition) is 2. The first-order valence-corrected chi connectivity index (χ1v) is 8.46. The lowest BCUT2D eigenvalue weighted by Crippen LogP contribution is -2.26. The van der Waals surface area contributed by atoms with Crippen molar-refractivity contribution in [2.75, 3.05) is 13.1 Å². The van der Waals surface area contributed by atoms with E-state index >= 15 is 0 Å². The van der Waals surface area contributed by atoms with Crippen LogP contribution in [0.1, 0.15) is 42.7 Å². The van der Waals surface area contributed by atoms with Crippen molar-refractivity contribution in [1.82, 2.24) is 5.32 Å². The Bertz CT molecular complexity index is 635. The zero-order chi connectivity index (χ0) is 16.1. The van der Waals surface area contributed by atoms with Crippen LogP contribution in [0.25, 0.3) is 11.1 Å². The van der Waals surface area contributed by atoms with E-state index in [2.05, 4.69) is 53.8 Å². The Labute approximate surface area is 137 Å². The van der Waals surface area contributed by atoms with Crippen LogP contribution in [0, 0.1) is 0 Å². The van der Waals surface area contributed by atoms with Gasteiger partial charge in [-0.25, -0.2) is 0 Å². The van der Waals surface area contributed by atoms with Crippen LogP contribution in [0.2, 0.25) is 0 Å². The molecule has 0 unspecified atom stereocenters. The summed E-state index contributed by atoms with van der Waals surface area (Å²) in [5, 5.41) is 3.05. The molecule has 2 aromatic carbocycles. The largest absolute Gasteiger partial charge is 0.356 e. The summed E-state index contributed by atoms with van der Waals surface area (Å²) >= 11 is 0. The second-order valence-electron chi connectivity index (χ2n) is 6.13. The number of amides is 1. The molecule has 1 aliphatic carbocycles. The van der Waals surface area contributed by atoms with Gasteiger partial charge in [-0.15, -0.1) is 0 Å². The van der Waals surface area contributed by atoms with Crippen molar-refractivity contribution in [1.29, 1.82) is 0 Å². The molecule has 0 aromatic heterocycles. The minimum absolute atomic E-state index is 0.134. The number of nitrogens with two attached hydrogens (primary N) is 1. The highest BCUT2D eigenvalue weighted by Crippen LogP contribution is 2.45. The standard InChI is InChI=1S/C20H24N2O/c21-12-6-1-7-13-22-20(23)14-19-17-10-4-2-8-15(17)16-9-3-5-11-18(16)19/h2-5,8-11,19H,1,6-7,12-14,21H2,(H,22,23). The molecule has 0 heterocycles. The van der Waals surface area contributed by atoms with Crippen molar-refractivity contribution in [2.24, 2.45) is 5.73 Å². The molecule has 3 N–H and O–H groups in total. The normalized spacial score (nSPS) is 12.7. The lowest BCUT2D eigenvalue weighted by molar-refractivity contribution is -0.121. The minimum Gasteiger partial charge on any atom is -0.356 e. The zero-order valence-corrected chi connectivity index (χ0v) is 13.4. The predicted molar refractivity (Wildman–Crippen MR) is 94.3 cm³/mol. The van der Waals surface area contributed by atoms with Crippen LogP contribution in [0.15, 0.2) is 48.5 Å². The van der Waals surface area contributed by atoms with E-state index in [9.17, 15) is 4.79 Å². The third-order valence-electron chi connectivity index (χ3n) is 4.56. The van der Waals surface area contributed by atoms with Crippen LogP contribution in [0.4, 0.5) is 0 Å². The predicted octanol–water partition coefficient (Wildman–Crippen LogP) is 3.43. The molecule has 120 valence electrons. The van der Waals surface area contributed by atoms with Crippen LogP contribution >= 0.6 is 0 Å². The third kappa shape index (κ3) is 3.45. The summed E-state index contributed by atoms with van der Waals surface area (Å²) in [5.41, 5.74) is 10.6. The Morgan fingerprint density at radius 1 is 0.913 bits per heavy atom. The molecule has 0 saturated heterocycles.